The van der Waals surface area contributed by atoms with Gasteiger partial charge in [-0.1, -0.05) is 0 Å². The molecule has 1 amide bonds. The summed E-state index contributed by atoms with van der Waals surface area (Å²) < 4.78 is 23.2. The van der Waals surface area contributed by atoms with Gasteiger partial charge in [0.05, 0.1) is 4.90 Å². The third-order valence-corrected chi connectivity index (χ3v) is 3.98. The van der Waals surface area contributed by atoms with Crippen LogP contribution in [0.4, 0.5) is 11.4 Å². The minimum absolute atomic E-state index is 0.0131. The van der Waals surface area contributed by atoms with E-state index < -0.39 is 15.7 Å². The molecule has 0 spiro atoms. The van der Waals surface area contributed by atoms with E-state index in [1.807, 2.05) is 6.92 Å². The van der Waals surface area contributed by atoms with Crippen molar-refractivity contribution in [2.24, 2.45) is 0 Å². The number of rotatable bonds is 3. The highest BCUT2D eigenvalue weighted by Crippen LogP contribution is 2.19. The zero-order valence-corrected chi connectivity index (χ0v) is 12.4. The van der Waals surface area contributed by atoms with Crippen LogP contribution in [0.1, 0.15) is 15.9 Å². The van der Waals surface area contributed by atoms with Crippen molar-refractivity contribution in [2.45, 2.75) is 11.8 Å². The number of amides is 1. The molecule has 3 N–H and O–H groups in total. The molecule has 0 saturated carbocycles. The largest absolute Gasteiger partial charge is 0.399 e. The maximum atomic E-state index is 12.2. The predicted octanol–water partition coefficient (Wildman–Crippen LogP) is 1.63. The van der Waals surface area contributed by atoms with Crippen molar-refractivity contribution in [1.82, 2.24) is 4.98 Å². The van der Waals surface area contributed by atoms with E-state index in [0.717, 1.165) is 11.8 Å². The maximum Gasteiger partial charge on any atom is 0.255 e. The highest BCUT2D eigenvalue weighted by atomic mass is 32.2. The normalized spacial score (nSPS) is 11.1. The highest BCUT2D eigenvalue weighted by molar-refractivity contribution is 7.90. The van der Waals surface area contributed by atoms with E-state index in [-0.39, 0.29) is 16.1 Å². The van der Waals surface area contributed by atoms with Gasteiger partial charge >= 0.3 is 0 Å². The summed E-state index contributed by atoms with van der Waals surface area (Å²) in [6.07, 6.45) is 4.25. The number of hydrogen-bond donors (Lipinski definition) is 2. The Bertz CT molecular complexity index is 801. The molecule has 6 nitrogen and oxygen atoms in total. The molecular formula is C14H15N3O3S. The molecule has 0 unspecified atom stereocenters. The Hall–Kier alpha value is -2.41. The quantitative estimate of drug-likeness (QED) is 0.839. The van der Waals surface area contributed by atoms with Crippen LogP contribution in [0, 0.1) is 6.92 Å². The molecule has 110 valence electrons. The summed E-state index contributed by atoms with van der Waals surface area (Å²) in [6.45, 7) is 1.81. The minimum atomic E-state index is -3.43. The number of carbonyl (C=O) groups is 1. The Balaban J connectivity index is 2.36. The number of benzene rings is 1. The lowest BCUT2D eigenvalue weighted by Gasteiger charge is -2.09. The summed E-state index contributed by atoms with van der Waals surface area (Å²) in [5.74, 6) is -0.429. The summed E-state index contributed by atoms with van der Waals surface area (Å²) in [4.78, 5) is 16.2. The first-order chi connectivity index (χ1) is 9.77. The molecule has 21 heavy (non-hydrogen) atoms. The van der Waals surface area contributed by atoms with Crippen LogP contribution in [0.25, 0.3) is 0 Å². The maximum absolute atomic E-state index is 12.2. The van der Waals surface area contributed by atoms with Gasteiger partial charge in [0.2, 0.25) is 0 Å². The molecule has 0 radical (unpaired) electrons. The lowest BCUT2D eigenvalue weighted by Crippen LogP contribution is -2.14. The second-order valence-electron chi connectivity index (χ2n) is 4.71. The van der Waals surface area contributed by atoms with Crippen LogP contribution in [0.15, 0.2) is 41.6 Å². The zero-order valence-electron chi connectivity index (χ0n) is 11.6. The smallest absolute Gasteiger partial charge is 0.255 e. The molecule has 0 aliphatic heterocycles. The number of sulfone groups is 1. The van der Waals surface area contributed by atoms with Crippen LogP contribution < -0.4 is 11.1 Å². The van der Waals surface area contributed by atoms with Crippen LogP contribution in [0.2, 0.25) is 0 Å². The fourth-order valence-electron chi connectivity index (χ4n) is 1.78. The second-order valence-corrected chi connectivity index (χ2v) is 6.72. The molecule has 7 heteroatoms. The Morgan fingerprint density at radius 1 is 1.29 bits per heavy atom. The molecular weight excluding hydrogens is 290 g/mol. The summed E-state index contributed by atoms with van der Waals surface area (Å²) >= 11 is 0. The Labute approximate surface area is 122 Å². The van der Waals surface area contributed by atoms with Crippen molar-refractivity contribution in [3.63, 3.8) is 0 Å². The van der Waals surface area contributed by atoms with Gasteiger partial charge in [-0.3, -0.25) is 9.78 Å². The molecule has 0 aliphatic carbocycles. The van der Waals surface area contributed by atoms with Gasteiger partial charge in [0.1, 0.15) is 0 Å². The van der Waals surface area contributed by atoms with E-state index in [1.165, 1.54) is 18.2 Å². The van der Waals surface area contributed by atoms with Crippen molar-refractivity contribution < 1.29 is 13.2 Å². The first-order valence-corrected chi connectivity index (χ1v) is 7.99. The van der Waals surface area contributed by atoms with E-state index in [2.05, 4.69) is 10.3 Å². The topological polar surface area (TPSA) is 102 Å². The van der Waals surface area contributed by atoms with Crippen LogP contribution >= 0.6 is 0 Å². The van der Waals surface area contributed by atoms with Gasteiger partial charge in [-0.15, -0.1) is 0 Å². The standard InChI is InChI=1S/C14H15N3O3S/c1-9-8-16-4-3-13(9)17-14(18)10-5-11(15)7-12(6-10)21(2,19)20/h3-8H,15H2,1-2H3,(H,16,17,18). The third kappa shape index (κ3) is 3.57. The van der Waals surface area contributed by atoms with Crippen LogP contribution in [0.3, 0.4) is 0 Å². The van der Waals surface area contributed by atoms with E-state index in [0.29, 0.717) is 5.69 Å². The average molecular weight is 305 g/mol. The third-order valence-electron chi connectivity index (χ3n) is 2.89. The Morgan fingerprint density at radius 3 is 2.62 bits per heavy atom. The number of pyridine rings is 1. The number of aryl methyl sites for hydroxylation is 1. The fourth-order valence-corrected chi connectivity index (χ4v) is 2.47. The van der Waals surface area contributed by atoms with E-state index >= 15 is 0 Å². The van der Waals surface area contributed by atoms with Gasteiger partial charge in [0.15, 0.2) is 9.84 Å². The van der Waals surface area contributed by atoms with Gasteiger partial charge in [-0.05, 0) is 36.8 Å². The lowest BCUT2D eigenvalue weighted by atomic mass is 10.1. The number of aromatic nitrogens is 1. The molecule has 0 fully saturated rings. The molecule has 1 aromatic carbocycles. The first-order valence-electron chi connectivity index (χ1n) is 6.10. The summed E-state index contributed by atoms with van der Waals surface area (Å²) in [5.41, 5.74) is 7.48. The molecule has 1 aromatic heterocycles. The van der Waals surface area contributed by atoms with Crippen LogP contribution in [-0.2, 0) is 9.84 Å². The monoisotopic (exact) mass is 305 g/mol. The van der Waals surface area contributed by atoms with Gasteiger partial charge in [-0.2, -0.15) is 0 Å². The van der Waals surface area contributed by atoms with Crippen molar-refractivity contribution in [2.75, 3.05) is 17.3 Å². The SMILES string of the molecule is Cc1cnccc1NC(=O)c1cc(N)cc(S(C)(=O)=O)c1. The first kappa shape index (κ1) is 15.0. The van der Waals surface area contributed by atoms with Crippen molar-refractivity contribution in [1.29, 1.82) is 0 Å². The van der Waals surface area contributed by atoms with E-state index in [1.54, 1.807) is 18.5 Å². The molecule has 0 saturated heterocycles. The molecule has 0 aliphatic rings. The zero-order chi connectivity index (χ0) is 15.6. The molecule has 2 rings (SSSR count). The van der Waals surface area contributed by atoms with Gasteiger partial charge in [-0.25, -0.2) is 8.42 Å². The van der Waals surface area contributed by atoms with Gasteiger partial charge in [0, 0.05) is 35.6 Å². The lowest BCUT2D eigenvalue weighted by molar-refractivity contribution is 0.102. The molecule has 1 heterocycles. The van der Waals surface area contributed by atoms with Gasteiger partial charge < -0.3 is 11.1 Å². The number of anilines is 2. The molecule has 2 aromatic rings. The number of hydrogen-bond acceptors (Lipinski definition) is 5. The summed E-state index contributed by atoms with van der Waals surface area (Å²) in [7, 11) is -3.43. The van der Waals surface area contributed by atoms with Gasteiger partial charge in [0.25, 0.3) is 5.91 Å². The van der Waals surface area contributed by atoms with Crippen molar-refractivity contribution in [3.8, 4) is 0 Å². The number of nitrogens with one attached hydrogen (secondary N) is 1. The number of nitrogens with two attached hydrogens (primary N) is 1. The second kappa shape index (κ2) is 5.53. The van der Waals surface area contributed by atoms with Crippen molar-refractivity contribution >= 4 is 27.1 Å². The highest BCUT2D eigenvalue weighted by Gasteiger charge is 2.14. The summed E-state index contributed by atoms with van der Waals surface area (Å²) in [6, 6.07) is 5.72. The average Bonchev–Trinajstić information content (AvgIpc) is 2.39. The molecule has 0 bridgehead atoms. The summed E-state index contributed by atoms with van der Waals surface area (Å²) in [5, 5.41) is 2.70. The number of nitrogen functional groups attached to an aromatic ring is 1. The number of nitrogens with zero attached hydrogens (tertiary/aromatic N) is 1. The van der Waals surface area contributed by atoms with Crippen LogP contribution in [0.5, 0.6) is 0 Å². The van der Waals surface area contributed by atoms with Crippen LogP contribution in [-0.4, -0.2) is 25.6 Å². The Kier molecular flexibility index (Phi) is 3.95. The van der Waals surface area contributed by atoms with E-state index in [9.17, 15) is 13.2 Å². The molecule has 0 atom stereocenters. The predicted molar refractivity (Wildman–Crippen MR) is 80.9 cm³/mol. The fraction of sp³-hybridized carbons (Fsp3) is 0.143. The van der Waals surface area contributed by atoms with E-state index in [4.69, 9.17) is 5.73 Å². The minimum Gasteiger partial charge on any atom is -0.399 e. The van der Waals surface area contributed by atoms with Crippen molar-refractivity contribution in [3.05, 3.63) is 47.8 Å². The number of carbonyl (C=O) groups excluding carboxylic acids is 1. The Morgan fingerprint density at radius 2 is 2.00 bits per heavy atom.